The molecule has 0 aliphatic heterocycles. The van der Waals surface area contributed by atoms with E-state index in [4.69, 9.17) is 0 Å². The molecule has 0 spiro atoms. The molecule has 0 radical (unpaired) electrons. The molecule has 0 saturated heterocycles. The van der Waals surface area contributed by atoms with Gasteiger partial charge in [-0.25, -0.2) is 0 Å². The fourth-order valence-corrected chi connectivity index (χ4v) is 1.21. The molecular formula is C5H15N2NaO2S. The van der Waals surface area contributed by atoms with Crippen LogP contribution in [0.2, 0.25) is 0 Å². The average molecular weight is 190 g/mol. The molecule has 0 atom stereocenters. The molecule has 0 bridgehead atoms. The van der Waals surface area contributed by atoms with E-state index < -0.39 is 10.2 Å². The van der Waals surface area contributed by atoms with Crippen LogP contribution in [0.5, 0.6) is 0 Å². The predicted molar refractivity (Wildman–Crippen MR) is 48.0 cm³/mol. The first kappa shape index (κ1) is 14.4. The summed E-state index contributed by atoms with van der Waals surface area (Å²) in [4.78, 5) is 0. The minimum atomic E-state index is -3.21. The van der Waals surface area contributed by atoms with Crippen molar-refractivity contribution in [2.45, 2.75) is 19.9 Å². The van der Waals surface area contributed by atoms with Gasteiger partial charge in [-0.05, 0) is 13.8 Å². The Balaban J connectivity index is 0. The second-order valence-corrected chi connectivity index (χ2v) is 4.48. The van der Waals surface area contributed by atoms with Gasteiger partial charge in [0.05, 0.1) is 0 Å². The fraction of sp³-hybridized carbons (Fsp3) is 1.00. The Kier molecular flexibility index (Phi) is 7.20. The van der Waals surface area contributed by atoms with Crippen molar-refractivity contribution in [3.8, 4) is 0 Å². The molecule has 0 saturated carbocycles. The van der Waals surface area contributed by atoms with Gasteiger partial charge in [-0.1, -0.05) is 0 Å². The van der Waals surface area contributed by atoms with Crippen molar-refractivity contribution in [1.29, 1.82) is 0 Å². The van der Waals surface area contributed by atoms with Crippen molar-refractivity contribution in [2.75, 3.05) is 14.1 Å². The molecular weight excluding hydrogens is 175 g/mol. The van der Waals surface area contributed by atoms with Crippen molar-refractivity contribution >= 4 is 39.8 Å². The van der Waals surface area contributed by atoms with Crippen molar-refractivity contribution in [1.82, 2.24) is 9.03 Å². The van der Waals surface area contributed by atoms with E-state index in [0.717, 1.165) is 4.31 Å². The third-order valence-corrected chi connectivity index (χ3v) is 2.60. The van der Waals surface area contributed by atoms with Gasteiger partial charge in [-0.15, -0.1) is 0 Å². The first-order valence-electron chi connectivity index (χ1n) is 3.06. The molecule has 0 heterocycles. The van der Waals surface area contributed by atoms with Gasteiger partial charge in [0.15, 0.2) is 0 Å². The maximum absolute atomic E-state index is 11.0. The van der Waals surface area contributed by atoms with Crippen molar-refractivity contribution < 1.29 is 8.42 Å². The Labute approximate surface area is 90.8 Å². The Morgan fingerprint density at radius 3 is 1.73 bits per heavy atom. The SMILES string of the molecule is CC(C)NS(=O)(=O)N(C)C.[NaH]. The molecule has 0 aliphatic carbocycles. The van der Waals surface area contributed by atoms with E-state index in [9.17, 15) is 8.42 Å². The topological polar surface area (TPSA) is 49.4 Å². The van der Waals surface area contributed by atoms with Crippen molar-refractivity contribution in [3.05, 3.63) is 0 Å². The quantitative estimate of drug-likeness (QED) is 0.589. The summed E-state index contributed by atoms with van der Waals surface area (Å²) >= 11 is 0. The van der Waals surface area contributed by atoms with Gasteiger partial charge < -0.3 is 0 Å². The standard InChI is InChI=1S/C5H14N2O2S.Na.H/c1-5(2)6-10(8,9)7(3)4;;/h5-6H,1-4H3;;. The van der Waals surface area contributed by atoms with Gasteiger partial charge in [-0.2, -0.15) is 17.4 Å². The van der Waals surface area contributed by atoms with Crippen LogP contribution in [-0.4, -0.2) is 62.4 Å². The van der Waals surface area contributed by atoms with Crippen molar-refractivity contribution in [3.63, 3.8) is 0 Å². The molecule has 11 heavy (non-hydrogen) atoms. The summed E-state index contributed by atoms with van der Waals surface area (Å²) in [6.07, 6.45) is 0. The van der Waals surface area contributed by atoms with E-state index >= 15 is 0 Å². The normalized spacial score (nSPS) is 11.8. The van der Waals surface area contributed by atoms with Gasteiger partial charge in [-0.3, -0.25) is 0 Å². The van der Waals surface area contributed by atoms with Crippen LogP contribution in [0.1, 0.15) is 13.8 Å². The Hall–Kier alpha value is 0.870. The van der Waals surface area contributed by atoms with Crippen LogP contribution < -0.4 is 4.72 Å². The van der Waals surface area contributed by atoms with Crippen LogP contribution in [-0.2, 0) is 10.2 Å². The van der Waals surface area contributed by atoms with E-state index in [2.05, 4.69) is 4.72 Å². The Bertz CT molecular complexity index is 189. The molecule has 0 aromatic rings. The summed E-state index contributed by atoms with van der Waals surface area (Å²) in [6.45, 7) is 3.56. The number of hydrogen-bond donors (Lipinski definition) is 1. The molecule has 0 amide bonds. The molecule has 0 aromatic heterocycles. The van der Waals surface area contributed by atoms with E-state index in [1.807, 2.05) is 0 Å². The number of rotatable bonds is 3. The Morgan fingerprint density at radius 2 is 1.64 bits per heavy atom. The molecule has 0 unspecified atom stereocenters. The zero-order valence-electron chi connectivity index (χ0n) is 6.75. The van der Waals surface area contributed by atoms with Crippen LogP contribution in [0, 0.1) is 0 Å². The maximum atomic E-state index is 11.0. The Morgan fingerprint density at radius 1 is 1.27 bits per heavy atom. The van der Waals surface area contributed by atoms with E-state index in [1.54, 1.807) is 13.8 Å². The molecule has 0 aliphatic rings. The van der Waals surface area contributed by atoms with E-state index in [0.29, 0.717) is 0 Å². The molecule has 64 valence electrons. The number of nitrogens with zero attached hydrogens (tertiary/aromatic N) is 1. The van der Waals surface area contributed by atoms with Crippen molar-refractivity contribution in [2.24, 2.45) is 0 Å². The van der Waals surface area contributed by atoms with Crippen LogP contribution >= 0.6 is 0 Å². The molecule has 0 rings (SSSR count). The average Bonchev–Trinajstić information content (AvgIpc) is 1.60. The second kappa shape index (κ2) is 5.50. The number of nitrogens with one attached hydrogen (secondary N) is 1. The molecule has 6 heteroatoms. The van der Waals surface area contributed by atoms with E-state index in [1.165, 1.54) is 14.1 Å². The van der Waals surface area contributed by atoms with Crippen LogP contribution in [0.25, 0.3) is 0 Å². The third-order valence-electron chi connectivity index (χ3n) is 0.865. The fourth-order valence-electron chi connectivity index (χ4n) is 0.403. The van der Waals surface area contributed by atoms with Crippen LogP contribution in [0.15, 0.2) is 0 Å². The molecule has 0 aromatic carbocycles. The van der Waals surface area contributed by atoms with Gasteiger partial charge in [0, 0.05) is 20.1 Å². The number of hydrogen-bond acceptors (Lipinski definition) is 2. The van der Waals surface area contributed by atoms with Gasteiger partial charge in [0.1, 0.15) is 0 Å². The van der Waals surface area contributed by atoms with E-state index in [-0.39, 0.29) is 35.6 Å². The first-order valence-corrected chi connectivity index (χ1v) is 4.50. The summed E-state index contributed by atoms with van der Waals surface area (Å²) in [5.41, 5.74) is 0. The second-order valence-electron chi connectivity index (χ2n) is 2.56. The molecule has 1 N–H and O–H groups in total. The predicted octanol–water partition coefficient (Wildman–Crippen LogP) is -0.858. The molecule has 0 fully saturated rings. The summed E-state index contributed by atoms with van der Waals surface area (Å²) in [6, 6.07) is -0.0487. The summed E-state index contributed by atoms with van der Waals surface area (Å²) in [5.74, 6) is 0. The first-order chi connectivity index (χ1) is 4.36. The minimum absolute atomic E-state index is 0. The summed E-state index contributed by atoms with van der Waals surface area (Å²) in [5, 5.41) is 0. The third kappa shape index (κ3) is 6.07. The summed E-state index contributed by atoms with van der Waals surface area (Å²) < 4.78 is 25.5. The summed E-state index contributed by atoms with van der Waals surface area (Å²) in [7, 11) is -0.233. The monoisotopic (exact) mass is 190 g/mol. The van der Waals surface area contributed by atoms with Crippen LogP contribution in [0.4, 0.5) is 0 Å². The zero-order valence-corrected chi connectivity index (χ0v) is 7.57. The zero-order chi connectivity index (χ0) is 8.36. The molecule has 4 nitrogen and oxygen atoms in total. The van der Waals surface area contributed by atoms with Gasteiger partial charge >= 0.3 is 29.6 Å². The van der Waals surface area contributed by atoms with Gasteiger partial charge in [0.25, 0.3) is 10.2 Å². The van der Waals surface area contributed by atoms with Crippen LogP contribution in [0.3, 0.4) is 0 Å². The van der Waals surface area contributed by atoms with Gasteiger partial charge in [0.2, 0.25) is 0 Å².